The molecule has 5 nitrogen and oxygen atoms in total. The molecule has 3 rings (SSSR count). The summed E-state index contributed by atoms with van der Waals surface area (Å²) in [5.74, 6) is -0.00819. The van der Waals surface area contributed by atoms with Gasteiger partial charge < -0.3 is 4.90 Å². The third kappa shape index (κ3) is 2.40. The van der Waals surface area contributed by atoms with Crippen molar-refractivity contribution in [2.24, 2.45) is 0 Å². The molecule has 0 saturated carbocycles. The SMILES string of the molecule is Cc1nsnc1C(=O)N1CCCCC1c1nccs1. The monoisotopic (exact) mass is 294 g/mol. The second-order valence-corrected chi connectivity index (χ2v) is 6.03. The van der Waals surface area contributed by atoms with Gasteiger partial charge in [0.1, 0.15) is 5.01 Å². The van der Waals surface area contributed by atoms with Crippen molar-refractivity contribution in [3.8, 4) is 0 Å². The maximum atomic E-state index is 12.6. The van der Waals surface area contributed by atoms with Gasteiger partial charge in [0.25, 0.3) is 5.91 Å². The molecule has 100 valence electrons. The minimum absolute atomic E-state index is 0.00819. The van der Waals surface area contributed by atoms with E-state index >= 15 is 0 Å². The highest BCUT2D eigenvalue weighted by atomic mass is 32.1. The van der Waals surface area contributed by atoms with Crippen molar-refractivity contribution in [3.63, 3.8) is 0 Å². The number of rotatable bonds is 2. The van der Waals surface area contributed by atoms with Crippen LogP contribution in [-0.4, -0.2) is 31.1 Å². The number of piperidine rings is 1. The summed E-state index contributed by atoms with van der Waals surface area (Å²) in [5.41, 5.74) is 1.21. The number of aromatic nitrogens is 3. The number of hydrogen-bond donors (Lipinski definition) is 0. The Kier molecular flexibility index (Phi) is 3.56. The molecule has 0 spiro atoms. The van der Waals surface area contributed by atoms with Crippen LogP contribution in [0.4, 0.5) is 0 Å². The van der Waals surface area contributed by atoms with Crippen LogP contribution in [0.3, 0.4) is 0 Å². The van der Waals surface area contributed by atoms with E-state index in [2.05, 4.69) is 13.7 Å². The van der Waals surface area contributed by atoms with E-state index in [4.69, 9.17) is 0 Å². The zero-order chi connectivity index (χ0) is 13.2. The molecule has 0 N–H and O–H groups in total. The molecule has 1 aliphatic heterocycles. The normalized spacial score (nSPS) is 19.6. The fourth-order valence-corrected chi connectivity index (χ4v) is 3.72. The lowest BCUT2D eigenvalue weighted by Crippen LogP contribution is -2.38. The Morgan fingerprint density at radius 1 is 1.42 bits per heavy atom. The van der Waals surface area contributed by atoms with Crippen LogP contribution in [0.25, 0.3) is 0 Å². The smallest absolute Gasteiger partial charge is 0.276 e. The first kappa shape index (κ1) is 12.7. The fourth-order valence-electron chi connectivity index (χ4n) is 2.39. The Bertz CT molecular complexity index is 566. The molecule has 19 heavy (non-hydrogen) atoms. The van der Waals surface area contributed by atoms with Crippen LogP contribution in [-0.2, 0) is 0 Å². The predicted octanol–water partition coefficient (Wildman–Crippen LogP) is 2.67. The summed E-state index contributed by atoms with van der Waals surface area (Å²) in [6.07, 6.45) is 4.97. The quantitative estimate of drug-likeness (QED) is 0.854. The van der Waals surface area contributed by atoms with Crippen LogP contribution in [0.2, 0.25) is 0 Å². The highest BCUT2D eigenvalue weighted by Gasteiger charge is 2.32. The Morgan fingerprint density at radius 3 is 3.00 bits per heavy atom. The van der Waals surface area contributed by atoms with Gasteiger partial charge in [-0.2, -0.15) is 8.75 Å². The highest BCUT2D eigenvalue weighted by molar-refractivity contribution is 7.09. The molecular weight excluding hydrogens is 280 g/mol. The third-order valence-electron chi connectivity index (χ3n) is 3.36. The van der Waals surface area contributed by atoms with Gasteiger partial charge in [-0.3, -0.25) is 4.79 Å². The standard InChI is InChI=1S/C12H14N4OS2/c1-8-10(15-19-14-8)12(17)16-6-3-2-4-9(16)11-13-5-7-18-11/h5,7,9H,2-4,6H2,1H3. The molecule has 0 bridgehead atoms. The van der Waals surface area contributed by atoms with Crippen LogP contribution >= 0.6 is 23.1 Å². The number of nitrogens with zero attached hydrogens (tertiary/aromatic N) is 4. The van der Waals surface area contributed by atoms with Gasteiger partial charge in [-0.1, -0.05) is 0 Å². The average Bonchev–Trinajstić information content (AvgIpc) is 3.09. The second-order valence-electron chi connectivity index (χ2n) is 4.58. The van der Waals surface area contributed by atoms with E-state index < -0.39 is 0 Å². The zero-order valence-electron chi connectivity index (χ0n) is 10.6. The summed E-state index contributed by atoms with van der Waals surface area (Å²) < 4.78 is 8.22. The van der Waals surface area contributed by atoms with Gasteiger partial charge in [-0.05, 0) is 26.2 Å². The Labute approximate surface area is 119 Å². The Balaban J connectivity index is 1.89. The molecule has 1 atom stereocenters. The first-order chi connectivity index (χ1) is 9.27. The number of hydrogen-bond acceptors (Lipinski definition) is 6. The van der Waals surface area contributed by atoms with Gasteiger partial charge in [0.05, 0.1) is 23.5 Å². The van der Waals surface area contributed by atoms with Crippen molar-refractivity contribution < 1.29 is 4.79 Å². The third-order valence-corrected chi connectivity index (χ3v) is 4.85. The predicted molar refractivity (Wildman–Crippen MR) is 74.4 cm³/mol. The van der Waals surface area contributed by atoms with Crippen LogP contribution in [0.1, 0.15) is 46.5 Å². The van der Waals surface area contributed by atoms with Crippen LogP contribution in [0, 0.1) is 6.92 Å². The summed E-state index contributed by atoms with van der Waals surface area (Å²) in [6.45, 7) is 2.61. The largest absolute Gasteiger partial charge is 0.328 e. The molecular formula is C12H14N4OS2. The maximum Gasteiger partial charge on any atom is 0.276 e. The molecule has 0 aromatic carbocycles. The van der Waals surface area contributed by atoms with E-state index in [1.54, 1.807) is 17.5 Å². The fraction of sp³-hybridized carbons (Fsp3) is 0.500. The van der Waals surface area contributed by atoms with Crippen molar-refractivity contribution in [2.75, 3.05) is 6.54 Å². The number of carbonyl (C=O) groups is 1. The van der Waals surface area contributed by atoms with E-state index in [0.717, 1.165) is 48.2 Å². The van der Waals surface area contributed by atoms with Crippen LogP contribution < -0.4 is 0 Å². The van der Waals surface area contributed by atoms with E-state index in [-0.39, 0.29) is 11.9 Å². The van der Waals surface area contributed by atoms with Gasteiger partial charge in [0, 0.05) is 18.1 Å². The Hall–Kier alpha value is -1.34. The minimum atomic E-state index is -0.00819. The summed E-state index contributed by atoms with van der Waals surface area (Å²) in [7, 11) is 0. The van der Waals surface area contributed by atoms with E-state index in [1.165, 1.54) is 0 Å². The van der Waals surface area contributed by atoms with Crippen LogP contribution in [0.15, 0.2) is 11.6 Å². The maximum absolute atomic E-state index is 12.6. The van der Waals surface area contributed by atoms with Gasteiger partial charge in [-0.25, -0.2) is 4.98 Å². The first-order valence-electron chi connectivity index (χ1n) is 6.27. The summed E-state index contributed by atoms with van der Waals surface area (Å²) in [6, 6.07) is 0.0994. The molecule has 1 unspecified atom stereocenters. The minimum Gasteiger partial charge on any atom is -0.328 e. The molecule has 1 fully saturated rings. The van der Waals surface area contributed by atoms with E-state index in [1.807, 2.05) is 17.2 Å². The molecule has 1 saturated heterocycles. The van der Waals surface area contributed by atoms with Gasteiger partial charge in [0.2, 0.25) is 0 Å². The molecule has 0 radical (unpaired) electrons. The molecule has 2 aromatic heterocycles. The van der Waals surface area contributed by atoms with Gasteiger partial charge in [-0.15, -0.1) is 11.3 Å². The molecule has 1 aliphatic rings. The molecule has 3 heterocycles. The summed E-state index contributed by atoms with van der Waals surface area (Å²) in [4.78, 5) is 18.9. The lowest BCUT2D eigenvalue weighted by molar-refractivity contribution is 0.0605. The number of thiazole rings is 1. The lowest BCUT2D eigenvalue weighted by atomic mass is 10.0. The van der Waals surface area contributed by atoms with Crippen molar-refractivity contribution in [1.82, 2.24) is 18.6 Å². The average molecular weight is 294 g/mol. The first-order valence-corrected chi connectivity index (χ1v) is 7.88. The number of likely N-dealkylation sites (tertiary alicyclic amines) is 1. The van der Waals surface area contributed by atoms with Crippen molar-refractivity contribution >= 4 is 29.0 Å². The Morgan fingerprint density at radius 2 is 2.32 bits per heavy atom. The number of amides is 1. The van der Waals surface area contributed by atoms with Gasteiger partial charge >= 0.3 is 0 Å². The zero-order valence-corrected chi connectivity index (χ0v) is 12.2. The molecule has 0 aliphatic carbocycles. The molecule has 1 amide bonds. The number of carbonyl (C=O) groups excluding carboxylic acids is 1. The van der Waals surface area contributed by atoms with Crippen molar-refractivity contribution in [2.45, 2.75) is 32.2 Å². The second kappa shape index (κ2) is 5.34. The van der Waals surface area contributed by atoms with Crippen molar-refractivity contribution in [3.05, 3.63) is 28.0 Å². The lowest BCUT2D eigenvalue weighted by Gasteiger charge is -2.34. The topological polar surface area (TPSA) is 59.0 Å². The highest BCUT2D eigenvalue weighted by Crippen LogP contribution is 2.33. The molecule has 2 aromatic rings. The summed E-state index contributed by atoms with van der Waals surface area (Å²) >= 11 is 2.71. The summed E-state index contributed by atoms with van der Waals surface area (Å²) in [5, 5.41) is 2.98. The number of aryl methyl sites for hydroxylation is 1. The van der Waals surface area contributed by atoms with Gasteiger partial charge in [0.15, 0.2) is 5.69 Å². The van der Waals surface area contributed by atoms with Crippen molar-refractivity contribution in [1.29, 1.82) is 0 Å². The molecule has 7 heteroatoms. The van der Waals surface area contributed by atoms with Crippen LogP contribution in [0.5, 0.6) is 0 Å². The van der Waals surface area contributed by atoms with E-state index in [0.29, 0.717) is 5.69 Å². The van der Waals surface area contributed by atoms with E-state index in [9.17, 15) is 4.79 Å².